The Bertz CT molecular complexity index is 2970. The number of carbonyl (C=O) groups is 4. The van der Waals surface area contributed by atoms with E-state index in [1.54, 1.807) is 31.7 Å². The van der Waals surface area contributed by atoms with Gasteiger partial charge in [0.2, 0.25) is 5.91 Å². The van der Waals surface area contributed by atoms with Crippen LogP contribution in [0.5, 0.6) is 23.0 Å². The normalized spacial score (nSPS) is 17.8. The molecular formula is C57H64BClN5O10S2+. The average molecular weight is 1090 g/mol. The molecule has 0 unspecified atom stereocenters. The Morgan fingerprint density at radius 1 is 0.895 bits per heavy atom. The van der Waals surface area contributed by atoms with Crippen LogP contribution in [0, 0.1) is 18.3 Å². The number of amides is 2. The standard InChI is InChI=1S/C57H63BClN5O10S2/c1-35-60-45(34-75-35)49(62-74-57(5,6)56(2,3)4)46(65)28-43-53(67)63-50(55(68)73-58)39(33-76-54(43)63)29-64(26-12-13-27-64)30-44(38-14-10-9-11-15-38)61-52(66)42-24-25-47(71-31-36-16-20-40(69-7)21-17-36)51(48(42)59)72-32-37-18-22-41(70-8)23-19-37/h9-11,14-25,34,43-44,54H,12-13,26-33H2,1-8H3/p+1/b62-49-/t43-,44-,54-/m1/s1. The van der Waals surface area contributed by atoms with Gasteiger partial charge in [-0.2, -0.15) is 0 Å². The summed E-state index contributed by atoms with van der Waals surface area (Å²) in [5.41, 5.74) is 2.94. The quantitative estimate of drug-likeness (QED) is 0.0230. The van der Waals surface area contributed by atoms with Gasteiger partial charge in [0, 0.05) is 41.4 Å². The lowest BCUT2D eigenvalue weighted by atomic mass is 9.79. The van der Waals surface area contributed by atoms with Crippen molar-refractivity contribution in [2.45, 2.75) is 91.0 Å². The first kappa shape index (κ1) is 55.9. The highest BCUT2D eigenvalue weighted by atomic mass is 35.5. The molecule has 0 bridgehead atoms. The molecule has 3 aliphatic heterocycles. The van der Waals surface area contributed by atoms with Crippen LogP contribution in [0.2, 0.25) is 5.02 Å². The van der Waals surface area contributed by atoms with E-state index in [2.05, 4.69) is 15.5 Å². The van der Waals surface area contributed by atoms with Crippen molar-refractivity contribution < 1.29 is 52.1 Å². The first-order chi connectivity index (χ1) is 36.3. The molecule has 398 valence electrons. The van der Waals surface area contributed by atoms with E-state index in [4.69, 9.17) is 48.1 Å². The molecule has 15 nitrogen and oxygen atoms in total. The van der Waals surface area contributed by atoms with Crippen LogP contribution in [0.1, 0.15) is 97.7 Å². The smallest absolute Gasteiger partial charge is 0.378 e. The van der Waals surface area contributed by atoms with Gasteiger partial charge in [0.05, 0.1) is 54.2 Å². The molecule has 4 heterocycles. The predicted octanol–water partition coefficient (Wildman–Crippen LogP) is 9.98. The molecule has 2 radical (unpaired) electrons. The number of halogens is 1. The second-order valence-corrected chi connectivity index (χ2v) is 23.4. The highest BCUT2D eigenvalue weighted by Gasteiger charge is 2.55. The molecule has 5 aromatic rings. The van der Waals surface area contributed by atoms with Gasteiger partial charge in [0.1, 0.15) is 60.8 Å². The third kappa shape index (κ3) is 12.6. The highest BCUT2D eigenvalue weighted by Crippen LogP contribution is 2.47. The van der Waals surface area contributed by atoms with Crippen LogP contribution in [-0.2, 0) is 37.1 Å². The molecule has 3 atom stereocenters. The second kappa shape index (κ2) is 23.9. The number of nitrogens with one attached hydrogen (secondary N) is 1. The van der Waals surface area contributed by atoms with Crippen LogP contribution in [0.25, 0.3) is 0 Å². The number of quaternary nitrogens is 1. The monoisotopic (exact) mass is 1090 g/mol. The zero-order valence-corrected chi connectivity index (χ0v) is 46.6. The van der Waals surface area contributed by atoms with Gasteiger partial charge in [-0.05, 0) is 73.9 Å². The van der Waals surface area contributed by atoms with E-state index in [0.717, 1.165) is 53.4 Å². The summed E-state index contributed by atoms with van der Waals surface area (Å²) >= 11 is 10.1. The molecule has 2 fully saturated rings. The Labute approximate surface area is 459 Å². The topological polar surface area (TPSA) is 164 Å². The number of thiazole rings is 1. The Balaban J connectivity index is 1.04. The molecule has 0 saturated carbocycles. The average Bonchev–Trinajstić information content (AvgIpc) is 4.10. The fourth-order valence-corrected chi connectivity index (χ4v) is 11.7. The van der Waals surface area contributed by atoms with Gasteiger partial charge in [-0.15, -0.1) is 23.1 Å². The van der Waals surface area contributed by atoms with Crippen LogP contribution in [0.3, 0.4) is 0 Å². The number of rotatable bonds is 22. The Morgan fingerprint density at radius 3 is 2.11 bits per heavy atom. The van der Waals surface area contributed by atoms with Crippen molar-refractivity contribution in [3.05, 3.63) is 146 Å². The minimum absolute atomic E-state index is 0.0413. The number of Topliss-reactive ketones (excluding diaryl/α,β-unsaturated/α-hetero) is 1. The summed E-state index contributed by atoms with van der Waals surface area (Å²) in [5, 5.41) is 9.76. The SMILES string of the molecule is [B]OC(=O)C1=C(C[N+]2(C[C@@H](NC(=O)c3ccc(OCc4ccc(OC)cc4)c(OCc4ccc(OC)cc4)c3Cl)c3ccccc3)CCCC2)CS[C@@H]2[C@H](CC(=O)/C(=N\OC(C)(C)C(C)(C)C)c3csc(C)n3)C(=O)N12. The van der Waals surface area contributed by atoms with Crippen molar-refractivity contribution in [1.29, 1.82) is 0 Å². The number of hydrogen-bond acceptors (Lipinski definition) is 14. The van der Waals surface area contributed by atoms with E-state index in [0.29, 0.717) is 46.1 Å². The number of oxime groups is 1. The maximum Gasteiger partial charge on any atom is 0.378 e. The number of fused-ring (bicyclic) bond motifs is 1. The molecule has 4 aromatic carbocycles. The zero-order valence-electron chi connectivity index (χ0n) is 44.2. The summed E-state index contributed by atoms with van der Waals surface area (Å²) < 4.78 is 28.7. The third-order valence-corrected chi connectivity index (χ3v) is 17.2. The summed E-state index contributed by atoms with van der Waals surface area (Å²) in [5.74, 6) is -0.434. The van der Waals surface area contributed by atoms with Gasteiger partial charge in [-0.25, -0.2) is 9.78 Å². The van der Waals surface area contributed by atoms with Crippen molar-refractivity contribution in [3.8, 4) is 23.0 Å². The Kier molecular flexibility index (Phi) is 17.6. The molecule has 3 aliphatic rings. The van der Waals surface area contributed by atoms with Crippen LogP contribution in [0.4, 0.5) is 0 Å². The lowest BCUT2D eigenvalue weighted by molar-refractivity contribution is -0.913. The Hall–Kier alpha value is -6.34. The van der Waals surface area contributed by atoms with Gasteiger partial charge in [-0.1, -0.05) is 92.1 Å². The lowest BCUT2D eigenvalue weighted by Gasteiger charge is -2.50. The van der Waals surface area contributed by atoms with Crippen molar-refractivity contribution in [1.82, 2.24) is 15.2 Å². The number of hydrogen-bond donors (Lipinski definition) is 1. The van der Waals surface area contributed by atoms with Gasteiger partial charge < -0.3 is 38.2 Å². The van der Waals surface area contributed by atoms with Crippen LogP contribution < -0.4 is 24.3 Å². The third-order valence-electron chi connectivity index (χ3n) is 14.7. The maximum atomic E-state index is 14.7. The summed E-state index contributed by atoms with van der Waals surface area (Å²) in [6, 6.07) is 27.5. The fourth-order valence-electron chi connectivity index (χ4n) is 9.37. The minimum atomic E-state index is -0.835. The van der Waals surface area contributed by atoms with Gasteiger partial charge in [-0.3, -0.25) is 19.3 Å². The lowest BCUT2D eigenvalue weighted by Crippen LogP contribution is -2.63. The summed E-state index contributed by atoms with van der Waals surface area (Å²) in [6.07, 6.45) is 1.64. The van der Waals surface area contributed by atoms with Gasteiger partial charge >= 0.3 is 14.0 Å². The molecule has 0 spiro atoms. The first-order valence-corrected chi connectivity index (χ1v) is 27.5. The second-order valence-electron chi connectivity index (χ2n) is 20.8. The van der Waals surface area contributed by atoms with Crippen LogP contribution >= 0.6 is 34.7 Å². The zero-order chi connectivity index (χ0) is 54.4. The number of ketones is 1. The molecule has 8 rings (SSSR count). The molecular weight excluding hydrogens is 1030 g/mol. The first-order valence-electron chi connectivity index (χ1n) is 25.2. The van der Waals surface area contributed by atoms with E-state index in [-0.39, 0.29) is 52.8 Å². The maximum absolute atomic E-state index is 14.7. The fraction of sp³-hybridized carbons (Fsp3) is 0.404. The number of methoxy groups -OCH3 is 2. The summed E-state index contributed by atoms with van der Waals surface area (Å²) in [6.45, 7) is 14.3. The molecule has 76 heavy (non-hydrogen) atoms. The molecule has 1 N–H and O–H groups in total. The molecule has 1 aromatic heterocycles. The molecule has 19 heteroatoms. The van der Waals surface area contributed by atoms with Crippen molar-refractivity contribution in [3.63, 3.8) is 0 Å². The predicted molar refractivity (Wildman–Crippen MR) is 295 cm³/mol. The Morgan fingerprint density at radius 2 is 1.53 bits per heavy atom. The number of thioether (sulfide) groups is 1. The number of aryl methyl sites for hydroxylation is 1. The van der Waals surface area contributed by atoms with Crippen molar-refractivity contribution in [2.24, 2.45) is 16.5 Å². The number of carbonyl (C=O) groups excluding carboxylic acids is 4. The van der Waals surface area contributed by atoms with Crippen molar-refractivity contribution >= 4 is 72.0 Å². The summed E-state index contributed by atoms with van der Waals surface area (Å²) in [7, 11) is 8.82. The minimum Gasteiger partial charge on any atom is -0.539 e. The van der Waals surface area contributed by atoms with E-state index in [1.807, 2.05) is 120 Å². The number of β-lactam (4-membered cyclic amide) rings is 1. The summed E-state index contributed by atoms with van der Waals surface area (Å²) in [4.78, 5) is 69.0. The number of aromatic nitrogens is 1. The van der Waals surface area contributed by atoms with Crippen LogP contribution in [-0.4, -0.2) is 109 Å². The van der Waals surface area contributed by atoms with E-state index >= 15 is 0 Å². The molecule has 2 amide bonds. The van der Waals surface area contributed by atoms with Gasteiger partial charge in [0.25, 0.3) is 5.91 Å². The van der Waals surface area contributed by atoms with E-state index in [9.17, 15) is 19.2 Å². The molecule has 2 saturated heterocycles. The molecule has 0 aliphatic carbocycles. The van der Waals surface area contributed by atoms with Gasteiger partial charge in [0.15, 0.2) is 23.0 Å². The van der Waals surface area contributed by atoms with E-state index in [1.165, 1.54) is 28.0 Å². The largest absolute Gasteiger partial charge is 0.539 e. The highest BCUT2D eigenvalue weighted by molar-refractivity contribution is 8.00. The number of ether oxygens (including phenoxy) is 4. The number of likely N-dealkylation sites (tertiary alicyclic amines) is 1. The van der Waals surface area contributed by atoms with E-state index < -0.39 is 46.5 Å². The number of nitrogens with zero attached hydrogens (tertiary/aromatic N) is 4. The van der Waals surface area contributed by atoms with Crippen molar-refractivity contribution in [2.75, 3.05) is 46.2 Å². The van der Waals surface area contributed by atoms with Crippen LogP contribution in [0.15, 0.2) is 113 Å². The number of benzene rings is 4.